The van der Waals surface area contributed by atoms with Crippen molar-refractivity contribution in [1.82, 2.24) is 21.7 Å². The molecule has 10 heteroatoms. The van der Waals surface area contributed by atoms with E-state index in [-0.39, 0.29) is 36.2 Å². The monoisotopic (exact) mass is 574 g/mol. The third-order valence-electron chi connectivity index (χ3n) is 6.88. The molecule has 0 aliphatic rings. The third kappa shape index (κ3) is 9.09. The van der Waals surface area contributed by atoms with Crippen LogP contribution in [0.15, 0.2) is 72.8 Å². The quantitative estimate of drug-likeness (QED) is 0.237. The Morgan fingerprint density at radius 3 is 1.29 bits per heavy atom. The fourth-order valence-corrected chi connectivity index (χ4v) is 4.01. The summed E-state index contributed by atoms with van der Waals surface area (Å²) in [4.78, 5) is 49.3. The fraction of sp³-hybridized carbons (Fsp3) is 0.312. The van der Waals surface area contributed by atoms with Crippen LogP contribution in [-0.2, 0) is 9.59 Å². The number of para-hydroxylation sites is 2. The summed E-state index contributed by atoms with van der Waals surface area (Å²) in [5.41, 5.74) is 11.7. The SMILES string of the molecule is CCC(C)c1ccccc1OCC(=O)NNC(=O)c1ccc(C(=O)NNC(=O)COc2ccccc2C(C)CC)cc1. The van der Waals surface area contributed by atoms with Gasteiger partial charge in [-0.25, -0.2) is 0 Å². The van der Waals surface area contributed by atoms with Crippen molar-refractivity contribution in [3.8, 4) is 11.5 Å². The summed E-state index contributed by atoms with van der Waals surface area (Å²) < 4.78 is 11.3. The molecule has 10 nitrogen and oxygen atoms in total. The van der Waals surface area contributed by atoms with Gasteiger partial charge in [0.2, 0.25) is 0 Å². The minimum atomic E-state index is -0.571. The molecule has 0 saturated carbocycles. The molecule has 0 fully saturated rings. The Morgan fingerprint density at radius 2 is 0.929 bits per heavy atom. The Balaban J connectivity index is 1.42. The minimum Gasteiger partial charge on any atom is -0.483 e. The number of carbonyl (C=O) groups is 4. The van der Waals surface area contributed by atoms with Crippen LogP contribution >= 0.6 is 0 Å². The molecular weight excluding hydrogens is 536 g/mol. The molecular formula is C32H38N4O6. The smallest absolute Gasteiger partial charge is 0.276 e. The maximum Gasteiger partial charge on any atom is 0.276 e. The number of carbonyl (C=O) groups excluding carboxylic acids is 4. The molecule has 3 aromatic rings. The molecule has 0 radical (unpaired) electrons. The van der Waals surface area contributed by atoms with Gasteiger partial charge in [-0.3, -0.25) is 40.9 Å². The summed E-state index contributed by atoms with van der Waals surface area (Å²) in [7, 11) is 0. The van der Waals surface area contributed by atoms with E-state index in [1.54, 1.807) is 12.1 Å². The number of hydrogen-bond donors (Lipinski definition) is 4. The van der Waals surface area contributed by atoms with Gasteiger partial charge >= 0.3 is 0 Å². The first kappa shape index (κ1) is 31.7. The van der Waals surface area contributed by atoms with Crippen LogP contribution in [0.4, 0.5) is 0 Å². The lowest BCUT2D eigenvalue weighted by Gasteiger charge is -2.15. The predicted molar refractivity (Wildman–Crippen MR) is 159 cm³/mol. The number of amides is 4. The molecule has 0 aliphatic heterocycles. The zero-order valence-electron chi connectivity index (χ0n) is 24.4. The van der Waals surface area contributed by atoms with E-state index in [0.717, 1.165) is 24.0 Å². The second-order valence-electron chi connectivity index (χ2n) is 9.85. The highest BCUT2D eigenvalue weighted by Gasteiger charge is 2.14. The van der Waals surface area contributed by atoms with E-state index in [0.29, 0.717) is 11.5 Å². The average molecular weight is 575 g/mol. The fourth-order valence-electron chi connectivity index (χ4n) is 4.01. The first-order chi connectivity index (χ1) is 20.2. The number of hydrazine groups is 2. The summed E-state index contributed by atoms with van der Waals surface area (Å²) in [6.45, 7) is 7.78. The zero-order valence-corrected chi connectivity index (χ0v) is 24.4. The Morgan fingerprint density at radius 1 is 0.571 bits per heavy atom. The van der Waals surface area contributed by atoms with Gasteiger partial charge < -0.3 is 9.47 Å². The van der Waals surface area contributed by atoms with Crippen molar-refractivity contribution >= 4 is 23.6 Å². The highest BCUT2D eigenvalue weighted by molar-refractivity contribution is 5.98. The lowest BCUT2D eigenvalue weighted by molar-refractivity contribution is -0.124. The molecule has 222 valence electrons. The largest absolute Gasteiger partial charge is 0.483 e. The first-order valence-corrected chi connectivity index (χ1v) is 13.9. The Kier molecular flexibility index (Phi) is 11.9. The molecule has 2 atom stereocenters. The molecule has 0 bridgehead atoms. The van der Waals surface area contributed by atoms with E-state index >= 15 is 0 Å². The summed E-state index contributed by atoms with van der Waals surface area (Å²) in [5.74, 6) is -0.390. The maximum atomic E-state index is 12.4. The second kappa shape index (κ2) is 15.8. The second-order valence-corrected chi connectivity index (χ2v) is 9.85. The summed E-state index contributed by atoms with van der Waals surface area (Å²) in [6, 6.07) is 20.7. The van der Waals surface area contributed by atoms with E-state index in [4.69, 9.17) is 9.47 Å². The van der Waals surface area contributed by atoms with Gasteiger partial charge in [-0.2, -0.15) is 0 Å². The van der Waals surface area contributed by atoms with E-state index in [1.807, 2.05) is 36.4 Å². The van der Waals surface area contributed by atoms with Gasteiger partial charge in [-0.15, -0.1) is 0 Å². The summed E-state index contributed by atoms with van der Waals surface area (Å²) in [5, 5.41) is 0. The van der Waals surface area contributed by atoms with Gasteiger partial charge in [0.1, 0.15) is 11.5 Å². The molecule has 4 amide bonds. The molecule has 0 spiro atoms. The molecule has 2 unspecified atom stereocenters. The third-order valence-corrected chi connectivity index (χ3v) is 6.88. The van der Waals surface area contributed by atoms with E-state index in [1.165, 1.54) is 24.3 Å². The van der Waals surface area contributed by atoms with Crippen LogP contribution in [0.1, 0.15) is 84.2 Å². The molecule has 0 aliphatic carbocycles. The van der Waals surface area contributed by atoms with Gasteiger partial charge in [0, 0.05) is 11.1 Å². The van der Waals surface area contributed by atoms with E-state index in [2.05, 4.69) is 49.4 Å². The average Bonchev–Trinajstić information content (AvgIpc) is 3.03. The van der Waals surface area contributed by atoms with Crippen LogP contribution in [0.25, 0.3) is 0 Å². The highest BCUT2D eigenvalue weighted by Crippen LogP contribution is 2.29. The molecule has 0 heterocycles. The number of hydrogen-bond acceptors (Lipinski definition) is 6. The van der Waals surface area contributed by atoms with Gasteiger partial charge in [0.05, 0.1) is 0 Å². The number of ether oxygens (including phenoxy) is 2. The van der Waals surface area contributed by atoms with Crippen LogP contribution in [0, 0.1) is 0 Å². The highest BCUT2D eigenvalue weighted by atomic mass is 16.5. The Labute approximate surface area is 246 Å². The molecule has 0 aromatic heterocycles. The lowest BCUT2D eigenvalue weighted by Crippen LogP contribution is -2.44. The standard InChI is InChI=1S/C32H38N4O6/c1-5-21(3)25-11-7-9-13-27(25)41-19-29(37)33-35-31(39)23-15-17-24(18-16-23)32(40)36-34-30(38)20-42-28-14-10-8-12-26(28)22(4)6-2/h7-18,21-22H,5-6,19-20H2,1-4H3,(H,33,37)(H,34,38)(H,35,39)(H,36,40). The van der Waals surface area contributed by atoms with Crippen LogP contribution in [0.2, 0.25) is 0 Å². The van der Waals surface area contributed by atoms with Crippen molar-refractivity contribution in [2.24, 2.45) is 0 Å². The summed E-state index contributed by atoms with van der Waals surface area (Å²) >= 11 is 0. The van der Waals surface area contributed by atoms with E-state index in [9.17, 15) is 19.2 Å². The Hall–Kier alpha value is -4.86. The van der Waals surface area contributed by atoms with Gasteiger partial charge in [0.25, 0.3) is 23.6 Å². The zero-order chi connectivity index (χ0) is 30.5. The predicted octanol–water partition coefficient (Wildman–Crippen LogP) is 4.39. The van der Waals surface area contributed by atoms with Crippen molar-refractivity contribution in [1.29, 1.82) is 0 Å². The van der Waals surface area contributed by atoms with Crippen molar-refractivity contribution in [3.63, 3.8) is 0 Å². The summed E-state index contributed by atoms with van der Waals surface area (Å²) in [6.07, 6.45) is 1.86. The number of benzene rings is 3. The lowest BCUT2D eigenvalue weighted by atomic mass is 9.98. The topological polar surface area (TPSA) is 135 Å². The van der Waals surface area contributed by atoms with Crippen LogP contribution in [-0.4, -0.2) is 36.8 Å². The molecule has 0 saturated heterocycles. The van der Waals surface area contributed by atoms with E-state index < -0.39 is 23.6 Å². The molecule has 42 heavy (non-hydrogen) atoms. The molecule has 3 rings (SSSR count). The minimum absolute atomic E-state index is 0.215. The van der Waals surface area contributed by atoms with Crippen LogP contribution in [0.5, 0.6) is 11.5 Å². The van der Waals surface area contributed by atoms with Crippen molar-refractivity contribution in [2.75, 3.05) is 13.2 Å². The van der Waals surface area contributed by atoms with Crippen molar-refractivity contribution < 1.29 is 28.7 Å². The van der Waals surface area contributed by atoms with Gasteiger partial charge in [-0.1, -0.05) is 64.1 Å². The number of rotatable bonds is 12. The van der Waals surface area contributed by atoms with Gasteiger partial charge in [0.15, 0.2) is 13.2 Å². The van der Waals surface area contributed by atoms with Gasteiger partial charge in [-0.05, 0) is 72.2 Å². The van der Waals surface area contributed by atoms with Crippen molar-refractivity contribution in [3.05, 3.63) is 95.1 Å². The normalized spacial score (nSPS) is 11.9. The first-order valence-electron chi connectivity index (χ1n) is 13.9. The van der Waals surface area contributed by atoms with Crippen molar-refractivity contribution in [2.45, 2.75) is 52.4 Å². The molecule has 3 aromatic carbocycles. The van der Waals surface area contributed by atoms with Crippen LogP contribution < -0.4 is 31.2 Å². The molecule has 4 N–H and O–H groups in total. The maximum absolute atomic E-state index is 12.4. The Bertz CT molecular complexity index is 1270. The van der Waals surface area contributed by atoms with Crippen LogP contribution in [0.3, 0.4) is 0 Å². The number of nitrogens with one attached hydrogen (secondary N) is 4.